The first-order valence-corrected chi connectivity index (χ1v) is 15.9. The van der Waals surface area contributed by atoms with Crippen LogP contribution in [0.3, 0.4) is 0 Å². The molecule has 6 rings (SSSR count). The second-order valence-corrected chi connectivity index (χ2v) is 12.7. The Morgan fingerprint density at radius 2 is 1.84 bits per heavy atom. The number of nitrogens with two attached hydrogens (primary N) is 2. The molecule has 2 aromatic heterocycles. The van der Waals surface area contributed by atoms with Gasteiger partial charge in [-0.05, 0) is 73.4 Å². The van der Waals surface area contributed by atoms with Crippen LogP contribution in [0.25, 0.3) is 16.8 Å². The molecule has 0 bridgehead atoms. The number of carboxylic acid groups (broad SMARTS) is 1. The Balaban J connectivity index is 1.31. The van der Waals surface area contributed by atoms with Gasteiger partial charge in [0.25, 0.3) is 0 Å². The molecule has 258 valence electrons. The van der Waals surface area contributed by atoms with Crippen molar-refractivity contribution in [3.8, 4) is 22.7 Å². The van der Waals surface area contributed by atoms with Gasteiger partial charge in [-0.1, -0.05) is 31.2 Å². The number of amides is 1. The number of primary amides is 1. The largest absolute Gasteiger partial charge is 0.480 e. The number of hydrogen-bond donors (Lipinski definition) is 4. The van der Waals surface area contributed by atoms with E-state index in [0.29, 0.717) is 55.0 Å². The molecule has 4 heterocycles. The van der Waals surface area contributed by atoms with E-state index in [4.69, 9.17) is 16.2 Å². The van der Waals surface area contributed by atoms with Crippen LogP contribution < -0.4 is 26.4 Å². The number of alkyl halides is 3. The van der Waals surface area contributed by atoms with Gasteiger partial charge < -0.3 is 31.5 Å². The summed E-state index contributed by atoms with van der Waals surface area (Å²) >= 11 is 0. The van der Waals surface area contributed by atoms with Crippen LogP contribution in [-0.4, -0.2) is 68.1 Å². The molecular formula is C34H37F3N8O4. The average molecular weight is 679 g/mol. The molecule has 1 amide bonds. The number of aromatic nitrogens is 4. The molecule has 15 heteroatoms. The molecule has 0 saturated carbocycles. The molecule has 2 fully saturated rings. The number of nitrogens with one attached hydrogen (secondary N) is 1. The van der Waals surface area contributed by atoms with Crippen LogP contribution in [0.15, 0.2) is 60.8 Å². The van der Waals surface area contributed by atoms with E-state index in [2.05, 4.69) is 20.4 Å². The Morgan fingerprint density at radius 3 is 2.47 bits per heavy atom. The maximum atomic E-state index is 14.9. The highest BCUT2D eigenvalue weighted by Crippen LogP contribution is 2.46. The van der Waals surface area contributed by atoms with E-state index < -0.39 is 30.2 Å². The molecule has 2 aliphatic heterocycles. The molecule has 2 aromatic carbocycles. The highest BCUT2D eigenvalue weighted by molar-refractivity contribution is 5.94. The second-order valence-electron chi connectivity index (χ2n) is 12.7. The lowest BCUT2D eigenvalue weighted by Gasteiger charge is -2.43. The third-order valence-corrected chi connectivity index (χ3v) is 9.55. The number of halogens is 3. The molecule has 2 unspecified atom stereocenters. The van der Waals surface area contributed by atoms with Crippen molar-refractivity contribution in [1.82, 2.24) is 25.1 Å². The first-order valence-electron chi connectivity index (χ1n) is 15.9. The summed E-state index contributed by atoms with van der Waals surface area (Å²) < 4.78 is 51.7. The van der Waals surface area contributed by atoms with Gasteiger partial charge in [-0.3, -0.25) is 9.59 Å². The third kappa shape index (κ3) is 6.88. The van der Waals surface area contributed by atoms with Crippen LogP contribution in [-0.2, 0) is 4.79 Å². The van der Waals surface area contributed by atoms with Crippen LogP contribution in [0.5, 0.6) is 5.88 Å². The molecule has 49 heavy (non-hydrogen) atoms. The van der Waals surface area contributed by atoms with Crippen LogP contribution in [0.4, 0.5) is 24.9 Å². The fourth-order valence-electron chi connectivity index (χ4n) is 7.10. The normalized spacial score (nSPS) is 19.6. The molecular weight excluding hydrogens is 641 g/mol. The Bertz CT molecular complexity index is 1870. The van der Waals surface area contributed by atoms with Crippen molar-refractivity contribution in [3.63, 3.8) is 0 Å². The zero-order valence-corrected chi connectivity index (χ0v) is 26.9. The van der Waals surface area contributed by atoms with Crippen LogP contribution in [0.1, 0.15) is 60.3 Å². The number of anilines is 2. The SMILES string of the molecule is CCC1NC(C(=O)O)CC12CCN(c1cc(O[C@H](c3ccc(-c4cccc(C(N)=O)c4)cc3-n3ccc(C)n3)C(F)(F)F)nc(N)n1)CC2. The smallest absolute Gasteiger partial charge is 0.429 e. The number of carboxylic acids is 1. The number of hydrogen-bond acceptors (Lipinski definition) is 9. The summed E-state index contributed by atoms with van der Waals surface area (Å²) in [5.41, 5.74) is 13.1. The summed E-state index contributed by atoms with van der Waals surface area (Å²) in [5, 5.41) is 17.2. The van der Waals surface area contributed by atoms with Crippen LogP contribution >= 0.6 is 0 Å². The predicted molar refractivity (Wildman–Crippen MR) is 175 cm³/mol. The lowest BCUT2D eigenvalue weighted by atomic mass is 9.71. The van der Waals surface area contributed by atoms with Crippen molar-refractivity contribution in [2.45, 2.75) is 63.9 Å². The van der Waals surface area contributed by atoms with Crippen molar-refractivity contribution >= 4 is 23.6 Å². The minimum atomic E-state index is -4.88. The summed E-state index contributed by atoms with van der Waals surface area (Å²) in [4.78, 5) is 33.7. The van der Waals surface area contributed by atoms with Gasteiger partial charge in [-0.15, -0.1) is 0 Å². The van der Waals surface area contributed by atoms with E-state index in [1.165, 1.54) is 22.9 Å². The average Bonchev–Trinajstić information content (AvgIpc) is 3.66. The van der Waals surface area contributed by atoms with Gasteiger partial charge in [0, 0.05) is 42.5 Å². The van der Waals surface area contributed by atoms with E-state index in [9.17, 15) is 27.9 Å². The number of ether oxygens (including phenoxy) is 1. The molecule has 0 aliphatic carbocycles. The Hall–Kier alpha value is -5.18. The third-order valence-electron chi connectivity index (χ3n) is 9.55. The van der Waals surface area contributed by atoms with E-state index in [-0.39, 0.29) is 40.1 Å². The minimum Gasteiger partial charge on any atom is -0.480 e. The maximum absolute atomic E-state index is 14.9. The second kappa shape index (κ2) is 13.0. The van der Waals surface area contributed by atoms with Crippen molar-refractivity contribution in [1.29, 1.82) is 0 Å². The molecule has 0 radical (unpaired) electrons. The summed E-state index contributed by atoms with van der Waals surface area (Å²) in [6.45, 7) is 4.75. The maximum Gasteiger partial charge on any atom is 0.429 e. The van der Waals surface area contributed by atoms with E-state index in [0.717, 1.165) is 6.42 Å². The van der Waals surface area contributed by atoms with Gasteiger partial charge in [0.15, 0.2) is 0 Å². The van der Waals surface area contributed by atoms with E-state index >= 15 is 0 Å². The van der Waals surface area contributed by atoms with Crippen molar-refractivity contribution in [2.75, 3.05) is 23.7 Å². The number of aliphatic carboxylic acids is 1. The van der Waals surface area contributed by atoms with Gasteiger partial charge in [-0.25, -0.2) is 4.68 Å². The molecule has 4 aromatic rings. The number of piperidine rings is 1. The predicted octanol–water partition coefficient (Wildman–Crippen LogP) is 4.81. The number of benzene rings is 2. The van der Waals surface area contributed by atoms with Crippen molar-refractivity contribution in [2.24, 2.45) is 11.1 Å². The number of aryl methyl sites for hydroxylation is 1. The number of carbonyl (C=O) groups excluding carboxylic acids is 1. The summed E-state index contributed by atoms with van der Waals surface area (Å²) in [6.07, 6.45) is -3.15. The van der Waals surface area contributed by atoms with E-state index in [1.807, 2.05) is 11.8 Å². The van der Waals surface area contributed by atoms with Gasteiger partial charge in [-0.2, -0.15) is 28.2 Å². The Kier molecular flexibility index (Phi) is 8.96. The first-order chi connectivity index (χ1) is 23.3. The number of rotatable bonds is 9. The van der Waals surface area contributed by atoms with Crippen molar-refractivity contribution in [3.05, 3.63) is 77.6 Å². The van der Waals surface area contributed by atoms with Crippen LogP contribution in [0, 0.1) is 12.3 Å². The topological polar surface area (TPSA) is 175 Å². The fourth-order valence-corrected chi connectivity index (χ4v) is 7.10. The molecule has 3 atom stereocenters. The summed E-state index contributed by atoms with van der Waals surface area (Å²) in [6, 6.07) is 13.3. The van der Waals surface area contributed by atoms with Gasteiger partial charge in [0.2, 0.25) is 23.8 Å². The van der Waals surface area contributed by atoms with E-state index in [1.54, 1.807) is 49.5 Å². The lowest BCUT2D eigenvalue weighted by molar-refractivity contribution is -0.198. The van der Waals surface area contributed by atoms with Gasteiger partial charge in [0.05, 0.1) is 11.4 Å². The quantitative estimate of drug-likeness (QED) is 0.192. The fraction of sp³-hybridized carbons (Fsp3) is 0.382. The van der Waals surface area contributed by atoms with Crippen molar-refractivity contribution < 1.29 is 32.6 Å². The molecule has 2 aliphatic rings. The highest BCUT2D eigenvalue weighted by Gasteiger charge is 2.50. The Morgan fingerprint density at radius 1 is 1.10 bits per heavy atom. The number of carbonyl (C=O) groups is 2. The zero-order valence-electron chi connectivity index (χ0n) is 26.9. The number of nitrogens with zero attached hydrogens (tertiary/aromatic N) is 5. The first kappa shape index (κ1) is 33.7. The Labute approximate surface area is 280 Å². The molecule has 1 spiro atoms. The molecule has 2 saturated heterocycles. The highest BCUT2D eigenvalue weighted by atomic mass is 19.4. The molecule has 12 nitrogen and oxygen atoms in total. The monoisotopic (exact) mass is 678 g/mol. The standard InChI is InChI=1S/C34H37F3N8O4/c1-3-26-33(18-24(40-26)31(47)48)10-13-44(14-11-33)27-17-28(42-32(39)41-27)49-29(34(35,36)37)23-8-7-21(16-25(23)45-12-9-19(2)43-45)20-5-4-6-22(15-20)30(38)46/h4-9,12,15-17,24,26,29,40H,3,10-11,13-14,18H2,1-2H3,(H2,38,46)(H,47,48)(H2,39,41,42)/t24?,26?,29-/m1/s1. The zero-order chi connectivity index (χ0) is 35.1. The van der Waals surface area contributed by atoms with Gasteiger partial charge >= 0.3 is 12.1 Å². The lowest BCUT2D eigenvalue weighted by Crippen LogP contribution is -2.46. The number of nitrogen functional groups attached to an aromatic ring is 1. The minimum absolute atomic E-state index is 0.0453. The molecule has 6 N–H and O–H groups in total. The van der Waals surface area contributed by atoms with Gasteiger partial charge in [0.1, 0.15) is 11.9 Å². The summed E-state index contributed by atoms with van der Waals surface area (Å²) in [7, 11) is 0. The van der Waals surface area contributed by atoms with Crippen LogP contribution in [0.2, 0.25) is 0 Å². The summed E-state index contributed by atoms with van der Waals surface area (Å²) in [5.74, 6) is -1.79.